The molecule has 0 unspecified atom stereocenters. The first-order chi connectivity index (χ1) is 14.0. The summed E-state index contributed by atoms with van der Waals surface area (Å²) < 4.78 is 7.01. The first-order valence-corrected chi connectivity index (χ1v) is 9.15. The van der Waals surface area contributed by atoms with Crippen LogP contribution < -0.4 is 15.4 Å². The van der Waals surface area contributed by atoms with Crippen molar-refractivity contribution in [3.05, 3.63) is 71.7 Å². The number of pyridine rings is 1. The van der Waals surface area contributed by atoms with Crippen LogP contribution in [0.3, 0.4) is 0 Å². The molecule has 2 heterocycles. The fraction of sp³-hybridized carbons (Fsp3) is 0.238. The number of ether oxygens (including phenoxy) is 1. The fourth-order valence-electron chi connectivity index (χ4n) is 2.90. The van der Waals surface area contributed by atoms with Crippen molar-refractivity contribution >= 4 is 17.6 Å². The molecular weight excluding hydrogens is 370 g/mol. The molecule has 0 bridgehead atoms. The van der Waals surface area contributed by atoms with Gasteiger partial charge in [0.1, 0.15) is 5.75 Å². The van der Waals surface area contributed by atoms with Crippen molar-refractivity contribution in [1.82, 2.24) is 20.1 Å². The number of methoxy groups -OCH3 is 1. The minimum atomic E-state index is -0.780. The first kappa shape index (κ1) is 20.1. The number of aryl methyl sites for hydroxylation is 1. The van der Waals surface area contributed by atoms with E-state index in [-0.39, 0.29) is 0 Å². The number of aromatic nitrogens is 3. The Morgan fingerprint density at radius 2 is 1.90 bits per heavy atom. The number of amides is 2. The summed E-state index contributed by atoms with van der Waals surface area (Å²) in [6.07, 6.45) is 5.14. The quantitative estimate of drug-likeness (QED) is 0.627. The van der Waals surface area contributed by atoms with Crippen molar-refractivity contribution in [2.24, 2.45) is 0 Å². The molecule has 0 spiro atoms. The molecule has 150 valence electrons. The Balaban J connectivity index is 1.60. The van der Waals surface area contributed by atoms with E-state index in [0.29, 0.717) is 18.1 Å². The zero-order valence-electron chi connectivity index (χ0n) is 16.5. The number of anilines is 1. The highest BCUT2D eigenvalue weighted by atomic mass is 16.5. The Morgan fingerprint density at radius 1 is 1.14 bits per heavy atom. The van der Waals surface area contributed by atoms with Gasteiger partial charge in [0.15, 0.2) is 5.82 Å². The molecule has 2 N–H and O–H groups in total. The van der Waals surface area contributed by atoms with Gasteiger partial charge < -0.3 is 15.4 Å². The van der Waals surface area contributed by atoms with Crippen molar-refractivity contribution in [3.8, 4) is 5.75 Å². The third-order valence-corrected chi connectivity index (χ3v) is 4.38. The van der Waals surface area contributed by atoms with E-state index in [4.69, 9.17) is 4.74 Å². The van der Waals surface area contributed by atoms with Crippen molar-refractivity contribution in [2.45, 2.75) is 26.4 Å². The Labute approximate surface area is 168 Å². The molecule has 0 fully saturated rings. The maximum absolute atomic E-state index is 12.3. The zero-order chi connectivity index (χ0) is 20.8. The minimum Gasteiger partial charge on any atom is -0.496 e. The maximum atomic E-state index is 12.3. The summed E-state index contributed by atoms with van der Waals surface area (Å²) in [6, 6.07) is 10.7. The molecule has 2 aromatic heterocycles. The number of rotatable bonds is 6. The fourth-order valence-corrected chi connectivity index (χ4v) is 2.90. The van der Waals surface area contributed by atoms with Gasteiger partial charge in [-0.15, -0.1) is 0 Å². The normalized spacial score (nSPS) is 11.6. The number of benzene rings is 1. The van der Waals surface area contributed by atoms with Crippen LogP contribution in [-0.4, -0.2) is 33.7 Å². The van der Waals surface area contributed by atoms with E-state index in [9.17, 15) is 9.59 Å². The van der Waals surface area contributed by atoms with Crippen LogP contribution in [0.4, 0.5) is 5.82 Å². The maximum Gasteiger partial charge on any atom is 0.314 e. The molecule has 8 nitrogen and oxygen atoms in total. The van der Waals surface area contributed by atoms with Gasteiger partial charge in [-0.1, -0.05) is 17.7 Å². The highest BCUT2D eigenvalue weighted by molar-refractivity contribution is 6.39. The van der Waals surface area contributed by atoms with Crippen LogP contribution in [0.2, 0.25) is 0 Å². The molecule has 3 aromatic rings. The van der Waals surface area contributed by atoms with E-state index < -0.39 is 17.9 Å². The predicted octanol–water partition coefficient (Wildman–Crippen LogP) is 2.46. The van der Waals surface area contributed by atoms with Gasteiger partial charge in [0.05, 0.1) is 19.7 Å². The number of nitrogens with one attached hydrogen (secondary N) is 2. The Bertz CT molecular complexity index is 1000. The highest BCUT2D eigenvalue weighted by Crippen LogP contribution is 2.26. The van der Waals surface area contributed by atoms with Crippen molar-refractivity contribution in [1.29, 1.82) is 0 Å². The standard InChI is InChI=1S/C21H23N5O3/c1-14-4-5-18(29-3)17(12-14)15(2)23-20(27)21(28)24-19-8-11-26(25-19)13-16-6-9-22-10-7-16/h4-12,15H,13H2,1-3H3,(H,23,27)(H,24,25,28)/t15-/m1/s1. The second-order valence-electron chi connectivity index (χ2n) is 6.65. The van der Waals surface area contributed by atoms with Gasteiger partial charge in [0, 0.05) is 30.2 Å². The Morgan fingerprint density at radius 3 is 2.62 bits per heavy atom. The van der Waals surface area contributed by atoms with E-state index in [1.807, 2.05) is 37.3 Å². The van der Waals surface area contributed by atoms with Gasteiger partial charge in [-0.3, -0.25) is 19.3 Å². The minimum absolute atomic E-state index is 0.306. The van der Waals surface area contributed by atoms with E-state index in [1.54, 1.807) is 43.4 Å². The van der Waals surface area contributed by atoms with E-state index in [2.05, 4.69) is 20.7 Å². The van der Waals surface area contributed by atoms with Crippen LogP contribution in [-0.2, 0) is 16.1 Å². The largest absolute Gasteiger partial charge is 0.496 e. The second kappa shape index (κ2) is 9.01. The second-order valence-corrected chi connectivity index (χ2v) is 6.65. The van der Waals surface area contributed by atoms with Crippen LogP contribution in [0.15, 0.2) is 55.0 Å². The lowest BCUT2D eigenvalue weighted by atomic mass is 10.0. The SMILES string of the molecule is COc1ccc(C)cc1[C@@H](C)NC(=O)C(=O)Nc1ccn(Cc2ccncc2)n1. The summed E-state index contributed by atoms with van der Waals surface area (Å²) in [4.78, 5) is 28.5. The summed E-state index contributed by atoms with van der Waals surface area (Å²) in [6.45, 7) is 4.28. The first-order valence-electron chi connectivity index (χ1n) is 9.15. The Hall–Kier alpha value is -3.68. The summed E-state index contributed by atoms with van der Waals surface area (Å²) in [7, 11) is 1.57. The number of carbonyl (C=O) groups excluding carboxylic acids is 2. The van der Waals surface area contributed by atoms with Crippen molar-refractivity contribution in [3.63, 3.8) is 0 Å². The van der Waals surface area contributed by atoms with Crippen LogP contribution in [0, 0.1) is 6.92 Å². The monoisotopic (exact) mass is 393 g/mol. The zero-order valence-corrected chi connectivity index (χ0v) is 16.5. The van der Waals surface area contributed by atoms with E-state index in [0.717, 1.165) is 16.7 Å². The molecule has 0 saturated heterocycles. The van der Waals surface area contributed by atoms with Crippen LogP contribution in [0.5, 0.6) is 5.75 Å². The van der Waals surface area contributed by atoms with Crippen LogP contribution in [0.1, 0.15) is 29.7 Å². The molecule has 2 amide bonds. The summed E-state index contributed by atoms with van der Waals surface area (Å²) in [5.41, 5.74) is 2.86. The summed E-state index contributed by atoms with van der Waals surface area (Å²) in [5.74, 6) is -0.568. The van der Waals surface area contributed by atoms with Crippen LogP contribution in [0.25, 0.3) is 0 Å². The highest BCUT2D eigenvalue weighted by Gasteiger charge is 2.20. The lowest BCUT2D eigenvalue weighted by Crippen LogP contribution is -2.37. The number of nitrogens with zero attached hydrogens (tertiary/aromatic N) is 3. The van der Waals surface area contributed by atoms with Crippen molar-refractivity contribution in [2.75, 3.05) is 12.4 Å². The molecule has 0 aliphatic carbocycles. The summed E-state index contributed by atoms with van der Waals surface area (Å²) in [5, 5.41) is 9.48. The molecule has 0 radical (unpaired) electrons. The molecule has 1 aromatic carbocycles. The number of hydrogen-bond donors (Lipinski definition) is 2. The van der Waals surface area contributed by atoms with Gasteiger partial charge in [-0.2, -0.15) is 5.10 Å². The topological polar surface area (TPSA) is 98.1 Å². The molecular formula is C21H23N5O3. The van der Waals surface area contributed by atoms with Crippen LogP contribution >= 0.6 is 0 Å². The summed E-state index contributed by atoms with van der Waals surface area (Å²) >= 11 is 0. The number of carbonyl (C=O) groups is 2. The average Bonchev–Trinajstić information content (AvgIpc) is 3.15. The third-order valence-electron chi connectivity index (χ3n) is 4.38. The van der Waals surface area contributed by atoms with E-state index >= 15 is 0 Å². The van der Waals surface area contributed by atoms with Gasteiger partial charge in [0.2, 0.25) is 0 Å². The molecule has 0 aliphatic rings. The van der Waals surface area contributed by atoms with Gasteiger partial charge in [-0.25, -0.2) is 0 Å². The molecule has 0 saturated carbocycles. The Kier molecular flexibility index (Phi) is 6.23. The molecule has 29 heavy (non-hydrogen) atoms. The lowest BCUT2D eigenvalue weighted by molar-refractivity contribution is -0.136. The third kappa shape index (κ3) is 5.19. The molecule has 1 atom stereocenters. The predicted molar refractivity (Wildman–Crippen MR) is 108 cm³/mol. The molecule has 0 aliphatic heterocycles. The molecule has 3 rings (SSSR count). The van der Waals surface area contributed by atoms with Gasteiger partial charge in [-0.05, 0) is 37.6 Å². The van der Waals surface area contributed by atoms with Crippen molar-refractivity contribution < 1.29 is 14.3 Å². The molecule has 8 heteroatoms. The van der Waals surface area contributed by atoms with Gasteiger partial charge >= 0.3 is 11.8 Å². The smallest absolute Gasteiger partial charge is 0.314 e. The lowest BCUT2D eigenvalue weighted by Gasteiger charge is -2.17. The van der Waals surface area contributed by atoms with Gasteiger partial charge in [0.25, 0.3) is 0 Å². The number of hydrogen-bond acceptors (Lipinski definition) is 5. The average molecular weight is 393 g/mol. The van der Waals surface area contributed by atoms with E-state index in [1.165, 1.54) is 0 Å².